The summed E-state index contributed by atoms with van der Waals surface area (Å²) in [4.78, 5) is 6.56. The smallest absolute Gasteiger partial charge is 0.191 e. The Morgan fingerprint density at radius 3 is 2.88 bits per heavy atom. The molecule has 0 aromatic rings. The lowest BCUT2D eigenvalue weighted by Crippen LogP contribution is -2.44. The second-order valence-corrected chi connectivity index (χ2v) is 4.15. The first-order chi connectivity index (χ1) is 7.77. The van der Waals surface area contributed by atoms with Crippen molar-refractivity contribution in [2.24, 2.45) is 4.99 Å². The number of aliphatic imine (C=N–C) groups is 1. The number of methoxy groups -OCH3 is 1. The fourth-order valence-electron chi connectivity index (χ4n) is 1.94. The minimum Gasteiger partial charge on any atom is -0.383 e. The maximum Gasteiger partial charge on any atom is 0.191 e. The van der Waals surface area contributed by atoms with Gasteiger partial charge in [-0.15, -0.1) is 0 Å². The van der Waals surface area contributed by atoms with Gasteiger partial charge < -0.3 is 20.3 Å². The van der Waals surface area contributed by atoms with Crippen LogP contribution < -0.4 is 10.6 Å². The van der Waals surface area contributed by atoms with Gasteiger partial charge >= 0.3 is 0 Å². The van der Waals surface area contributed by atoms with E-state index in [1.54, 1.807) is 14.2 Å². The van der Waals surface area contributed by atoms with Crippen LogP contribution in [-0.2, 0) is 4.74 Å². The van der Waals surface area contributed by atoms with Crippen molar-refractivity contribution in [2.75, 3.05) is 47.4 Å². The average molecular weight is 228 g/mol. The highest BCUT2D eigenvalue weighted by Gasteiger charge is 2.20. The Labute approximate surface area is 98.3 Å². The molecule has 1 atom stereocenters. The van der Waals surface area contributed by atoms with Gasteiger partial charge in [-0.2, -0.15) is 0 Å². The summed E-state index contributed by atoms with van der Waals surface area (Å²) in [7, 11) is 5.67. The normalized spacial score (nSPS) is 22.4. The van der Waals surface area contributed by atoms with Crippen molar-refractivity contribution < 1.29 is 4.74 Å². The van der Waals surface area contributed by atoms with E-state index in [4.69, 9.17) is 4.74 Å². The molecule has 0 aromatic carbocycles. The third-order valence-corrected chi connectivity index (χ3v) is 3.00. The molecule has 1 aliphatic heterocycles. The maximum absolute atomic E-state index is 4.98. The number of nitrogens with zero attached hydrogens (tertiary/aromatic N) is 2. The highest BCUT2D eigenvalue weighted by Crippen LogP contribution is 2.13. The number of likely N-dealkylation sites (tertiary alicyclic amines) is 1. The maximum atomic E-state index is 4.98. The summed E-state index contributed by atoms with van der Waals surface area (Å²) in [5, 5.41) is 6.55. The fourth-order valence-corrected chi connectivity index (χ4v) is 1.94. The molecule has 2 N–H and O–H groups in total. The second kappa shape index (κ2) is 7.46. The molecule has 0 aliphatic carbocycles. The first-order valence-electron chi connectivity index (χ1n) is 5.91. The van der Waals surface area contributed by atoms with Crippen LogP contribution in [0.25, 0.3) is 0 Å². The van der Waals surface area contributed by atoms with E-state index in [2.05, 4.69) is 27.6 Å². The summed E-state index contributed by atoms with van der Waals surface area (Å²) in [5.41, 5.74) is 0. The zero-order valence-electron chi connectivity index (χ0n) is 10.6. The van der Waals surface area contributed by atoms with E-state index >= 15 is 0 Å². The Kier molecular flexibility index (Phi) is 6.18. The number of hydrogen-bond donors (Lipinski definition) is 2. The molecule has 0 saturated carbocycles. The number of nitrogens with one attached hydrogen (secondary N) is 2. The highest BCUT2D eigenvalue weighted by molar-refractivity contribution is 5.79. The Hall–Kier alpha value is -0.810. The van der Waals surface area contributed by atoms with Crippen LogP contribution in [-0.4, -0.2) is 64.3 Å². The van der Waals surface area contributed by atoms with E-state index in [-0.39, 0.29) is 0 Å². The summed E-state index contributed by atoms with van der Waals surface area (Å²) in [6.07, 6.45) is 2.58. The molecule has 1 rings (SSSR count). The Balaban J connectivity index is 2.18. The van der Waals surface area contributed by atoms with Gasteiger partial charge in [-0.05, 0) is 26.4 Å². The summed E-state index contributed by atoms with van der Waals surface area (Å²) in [5.74, 6) is 0.859. The quantitative estimate of drug-likeness (QED) is 0.392. The molecule has 94 valence electrons. The van der Waals surface area contributed by atoms with Crippen LogP contribution in [0.15, 0.2) is 4.99 Å². The van der Waals surface area contributed by atoms with E-state index in [0.717, 1.165) is 19.0 Å². The van der Waals surface area contributed by atoms with E-state index in [0.29, 0.717) is 12.6 Å². The highest BCUT2D eigenvalue weighted by atomic mass is 16.5. The molecular formula is C11H24N4O. The average Bonchev–Trinajstić information content (AvgIpc) is 2.69. The third kappa shape index (κ3) is 4.37. The van der Waals surface area contributed by atoms with Crippen LogP contribution in [0.5, 0.6) is 0 Å². The second-order valence-electron chi connectivity index (χ2n) is 4.15. The number of hydrogen-bond acceptors (Lipinski definition) is 3. The molecule has 1 heterocycles. The van der Waals surface area contributed by atoms with E-state index in [1.165, 1.54) is 19.4 Å². The van der Waals surface area contributed by atoms with Crippen molar-refractivity contribution in [2.45, 2.75) is 18.9 Å². The lowest BCUT2D eigenvalue weighted by molar-refractivity contribution is 0.203. The van der Waals surface area contributed by atoms with Crippen LogP contribution in [0.3, 0.4) is 0 Å². The zero-order chi connectivity index (χ0) is 11.8. The van der Waals surface area contributed by atoms with Crippen molar-refractivity contribution in [1.82, 2.24) is 15.5 Å². The van der Waals surface area contributed by atoms with E-state index in [1.807, 2.05) is 0 Å². The van der Waals surface area contributed by atoms with E-state index < -0.39 is 0 Å². The van der Waals surface area contributed by atoms with Gasteiger partial charge in [-0.25, -0.2) is 0 Å². The molecule has 1 fully saturated rings. The van der Waals surface area contributed by atoms with Crippen molar-refractivity contribution in [3.8, 4) is 0 Å². The SMILES string of the molecule is CN=C(NCCOC)NCC1CCCN1C. The zero-order valence-corrected chi connectivity index (χ0v) is 10.6. The number of rotatable bonds is 5. The fraction of sp³-hybridized carbons (Fsp3) is 0.909. The van der Waals surface area contributed by atoms with Crippen molar-refractivity contribution in [3.63, 3.8) is 0 Å². The van der Waals surface area contributed by atoms with Crippen LogP contribution in [0.2, 0.25) is 0 Å². The molecule has 0 radical (unpaired) electrons. The van der Waals surface area contributed by atoms with Gasteiger partial charge in [0.2, 0.25) is 0 Å². The van der Waals surface area contributed by atoms with Crippen molar-refractivity contribution >= 4 is 5.96 Å². The van der Waals surface area contributed by atoms with Gasteiger partial charge in [0.25, 0.3) is 0 Å². The van der Waals surface area contributed by atoms with Gasteiger partial charge in [0.15, 0.2) is 5.96 Å². The lowest BCUT2D eigenvalue weighted by atomic mass is 10.2. The molecule has 0 bridgehead atoms. The van der Waals surface area contributed by atoms with Crippen LogP contribution >= 0.6 is 0 Å². The predicted molar refractivity (Wildman–Crippen MR) is 66.9 cm³/mol. The predicted octanol–water partition coefficient (Wildman–Crippen LogP) is -0.108. The van der Waals surface area contributed by atoms with E-state index in [9.17, 15) is 0 Å². The molecule has 5 heteroatoms. The van der Waals surface area contributed by atoms with Crippen molar-refractivity contribution in [3.05, 3.63) is 0 Å². The molecule has 1 saturated heterocycles. The minimum absolute atomic E-state index is 0.640. The number of likely N-dealkylation sites (N-methyl/N-ethyl adjacent to an activating group) is 1. The van der Waals surface area contributed by atoms with Crippen LogP contribution in [0.4, 0.5) is 0 Å². The Morgan fingerprint density at radius 1 is 1.50 bits per heavy atom. The van der Waals surface area contributed by atoms with Crippen molar-refractivity contribution in [1.29, 1.82) is 0 Å². The minimum atomic E-state index is 0.640. The molecular weight excluding hydrogens is 204 g/mol. The molecule has 1 unspecified atom stereocenters. The van der Waals surface area contributed by atoms with Gasteiger partial charge in [-0.3, -0.25) is 4.99 Å². The van der Waals surface area contributed by atoms with Gasteiger partial charge in [-0.1, -0.05) is 0 Å². The summed E-state index contributed by atoms with van der Waals surface area (Å²) in [6.45, 7) is 3.66. The van der Waals surface area contributed by atoms with Crippen LogP contribution in [0, 0.1) is 0 Å². The number of ether oxygens (including phenoxy) is 1. The monoisotopic (exact) mass is 228 g/mol. The first kappa shape index (κ1) is 13.3. The molecule has 0 amide bonds. The summed E-state index contributed by atoms with van der Waals surface area (Å²) < 4.78 is 4.98. The topological polar surface area (TPSA) is 48.9 Å². The standard InChI is InChI=1S/C11H24N4O/c1-12-11(13-6-8-16-3)14-9-10-5-4-7-15(10)2/h10H,4-9H2,1-3H3,(H2,12,13,14). The Bertz CT molecular complexity index is 220. The largest absolute Gasteiger partial charge is 0.383 e. The summed E-state index contributed by atoms with van der Waals surface area (Å²) >= 11 is 0. The van der Waals surface area contributed by atoms with Gasteiger partial charge in [0.1, 0.15) is 0 Å². The molecule has 16 heavy (non-hydrogen) atoms. The molecule has 1 aliphatic rings. The Morgan fingerprint density at radius 2 is 2.31 bits per heavy atom. The number of guanidine groups is 1. The first-order valence-corrected chi connectivity index (χ1v) is 5.91. The molecule has 0 spiro atoms. The van der Waals surface area contributed by atoms with Gasteiger partial charge in [0, 0.05) is 33.3 Å². The van der Waals surface area contributed by atoms with Crippen LogP contribution in [0.1, 0.15) is 12.8 Å². The van der Waals surface area contributed by atoms with Gasteiger partial charge in [0.05, 0.1) is 6.61 Å². The molecule has 0 aromatic heterocycles. The third-order valence-electron chi connectivity index (χ3n) is 3.00. The summed E-state index contributed by atoms with van der Waals surface area (Å²) in [6, 6.07) is 0.640. The lowest BCUT2D eigenvalue weighted by Gasteiger charge is -2.21. The molecule has 5 nitrogen and oxygen atoms in total.